The minimum atomic E-state index is -1.06. The number of aromatic nitrogens is 2. The maximum absolute atomic E-state index is 13.0. The Morgan fingerprint density at radius 2 is 2.04 bits per heavy atom. The van der Waals surface area contributed by atoms with Crippen molar-refractivity contribution < 1.29 is 14.3 Å². The standard InChI is InChI=1S/C17H22FN3O2/c1-2-3-4-5-6-14(21-17(22)23)16-19-11-15(20-16)12-7-9-13(18)10-8-12/h7-11,14,21H,2-6H2,1H3,(H,19,20)(H,22,23). The molecule has 0 spiro atoms. The molecule has 2 aromatic rings. The molecule has 0 aliphatic carbocycles. The summed E-state index contributed by atoms with van der Waals surface area (Å²) in [6, 6.07) is 5.72. The van der Waals surface area contributed by atoms with Crippen molar-refractivity contribution in [3.05, 3.63) is 42.1 Å². The molecule has 1 unspecified atom stereocenters. The molecule has 0 saturated carbocycles. The van der Waals surface area contributed by atoms with E-state index in [0.29, 0.717) is 12.2 Å². The number of carboxylic acid groups (broad SMARTS) is 1. The number of benzene rings is 1. The van der Waals surface area contributed by atoms with Crippen LogP contribution in [0.2, 0.25) is 0 Å². The first kappa shape index (κ1) is 17.0. The zero-order valence-electron chi connectivity index (χ0n) is 13.2. The molecule has 5 nitrogen and oxygen atoms in total. The van der Waals surface area contributed by atoms with Gasteiger partial charge in [0.2, 0.25) is 0 Å². The molecule has 124 valence electrons. The summed E-state index contributed by atoms with van der Waals surface area (Å²) < 4.78 is 13.0. The molecular weight excluding hydrogens is 297 g/mol. The fourth-order valence-corrected chi connectivity index (χ4v) is 2.49. The van der Waals surface area contributed by atoms with Crippen molar-refractivity contribution in [2.75, 3.05) is 0 Å². The van der Waals surface area contributed by atoms with Crippen LogP contribution in [0.25, 0.3) is 11.3 Å². The van der Waals surface area contributed by atoms with E-state index in [4.69, 9.17) is 5.11 Å². The van der Waals surface area contributed by atoms with Gasteiger partial charge in [-0.05, 0) is 36.2 Å². The Morgan fingerprint density at radius 1 is 1.30 bits per heavy atom. The Morgan fingerprint density at radius 3 is 2.70 bits per heavy atom. The van der Waals surface area contributed by atoms with Crippen molar-refractivity contribution in [1.29, 1.82) is 0 Å². The largest absolute Gasteiger partial charge is 0.465 e. The molecule has 0 bridgehead atoms. The summed E-state index contributed by atoms with van der Waals surface area (Å²) in [6.45, 7) is 2.13. The second-order valence-corrected chi connectivity index (χ2v) is 5.54. The summed E-state index contributed by atoms with van der Waals surface area (Å²) in [5, 5.41) is 11.5. The van der Waals surface area contributed by atoms with E-state index < -0.39 is 6.09 Å². The lowest BCUT2D eigenvalue weighted by molar-refractivity contribution is 0.188. The number of amides is 1. The number of aromatic amines is 1. The number of hydrogen-bond acceptors (Lipinski definition) is 2. The average molecular weight is 319 g/mol. The van der Waals surface area contributed by atoms with Crippen LogP contribution in [0.4, 0.5) is 9.18 Å². The Kier molecular flexibility index (Phi) is 6.14. The van der Waals surface area contributed by atoms with Crippen LogP contribution in [-0.2, 0) is 0 Å². The van der Waals surface area contributed by atoms with Gasteiger partial charge in [-0.25, -0.2) is 14.2 Å². The lowest BCUT2D eigenvalue weighted by Gasteiger charge is -2.14. The molecule has 1 atom stereocenters. The minimum Gasteiger partial charge on any atom is -0.465 e. The predicted octanol–water partition coefficient (Wildman–Crippen LogP) is 4.49. The van der Waals surface area contributed by atoms with Crippen molar-refractivity contribution in [3.63, 3.8) is 0 Å². The van der Waals surface area contributed by atoms with E-state index in [1.807, 2.05) is 0 Å². The number of unbranched alkanes of at least 4 members (excludes halogenated alkanes) is 3. The molecule has 3 N–H and O–H groups in total. The molecule has 6 heteroatoms. The second-order valence-electron chi connectivity index (χ2n) is 5.54. The van der Waals surface area contributed by atoms with E-state index >= 15 is 0 Å². The van der Waals surface area contributed by atoms with Crippen LogP contribution in [0.3, 0.4) is 0 Å². The third kappa shape index (κ3) is 5.09. The molecule has 2 rings (SSSR count). The van der Waals surface area contributed by atoms with Crippen LogP contribution < -0.4 is 5.32 Å². The molecule has 0 saturated heterocycles. The van der Waals surface area contributed by atoms with Crippen molar-refractivity contribution in [3.8, 4) is 11.3 Å². The van der Waals surface area contributed by atoms with Gasteiger partial charge in [-0.15, -0.1) is 0 Å². The number of halogens is 1. The zero-order chi connectivity index (χ0) is 16.7. The molecule has 0 aliphatic heterocycles. The highest BCUT2D eigenvalue weighted by Crippen LogP contribution is 2.22. The van der Waals surface area contributed by atoms with E-state index in [1.165, 1.54) is 12.1 Å². The van der Waals surface area contributed by atoms with Gasteiger partial charge in [-0.3, -0.25) is 0 Å². The van der Waals surface area contributed by atoms with Gasteiger partial charge >= 0.3 is 6.09 Å². The SMILES string of the molecule is CCCCCCC(NC(=O)O)c1ncc(-c2ccc(F)cc2)[nH]1. The van der Waals surface area contributed by atoms with Crippen LogP contribution in [0.15, 0.2) is 30.5 Å². The molecule has 0 aliphatic rings. The van der Waals surface area contributed by atoms with Gasteiger partial charge in [-0.1, -0.05) is 32.6 Å². The van der Waals surface area contributed by atoms with Crippen molar-refractivity contribution in [1.82, 2.24) is 15.3 Å². The lowest BCUT2D eigenvalue weighted by Crippen LogP contribution is -2.27. The fraction of sp³-hybridized carbons (Fsp3) is 0.412. The number of nitrogens with zero attached hydrogens (tertiary/aromatic N) is 1. The van der Waals surface area contributed by atoms with Crippen LogP contribution in [0.5, 0.6) is 0 Å². The quantitative estimate of drug-likeness (QED) is 0.627. The zero-order valence-corrected chi connectivity index (χ0v) is 13.2. The highest BCUT2D eigenvalue weighted by atomic mass is 19.1. The van der Waals surface area contributed by atoms with Crippen molar-refractivity contribution in [2.24, 2.45) is 0 Å². The predicted molar refractivity (Wildman–Crippen MR) is 86.6 cm³/mol. The van der Waals surface area contributed by atoms with Gasteiger partial charge in [0, 0.05) is 0 Å². The normalized spacial score (nSPS) is 12.1. The third-order valence-electron chi connectivity index (χ3n) is 3.72. The molecule has 1 heterocycles. The highest BCUT2D eigenvalue weighted by molar-refractivity contribution is 5.65. The number of H-pyrrole nitrogens is 1. The summed E-state index contributed by atoms with van der Waals surface area (Å²) >= 11 is 0. The topological polar surface area (TPSA) is 78.0 Å². The van der Waals surface area contributed by atoms with Crippen LogP contribution in [0, 0.1) is 5.82 Å². The average Bonchev–Trinajstić information content (AvgIpc) is 3.00. The van der Waals surface area contributed by atoms with Crippen LogP contribution in [0.1, 0.15) is 50.9 Å². The number of hydrogen-bond donors (Lipinski definition) is 3. The van der Waals surface area contributed by atoms with Crippen molar-refractivity contribution in [2.45, 2.75) is 45.1 Å². The molecule has 1 amide bonds. The molecule has 1 aromatic heterocycles. The first-order chi connectivity index (χ1) is 11.1. The summed E-state index contributed by atoms with van der Waals surface area (Å²) in [5.41, 5.74) is 1.55. The smallest absolute Gasteiger partial charge is 0.405 e. The first-order valence-electron chi connectivity index (χ1n) is 7.90. The lowest BCUT2D eigenvalue weighted by atomic mass is 10.1. The summed E-state index contributed by atoms with van der Waals surface area (Å²) in [5.74, 6) is 0.290. The Balaban J connectivity index is 2.09. The number of rotatable bonds is 8. The van der Waals surface area contributed by atoms with Gasteiger partial charge in [0.25, 0.3) is 0 Å². The van der Waals surface area contributed by atoms with Gasteiger partial charge < -0.3 is 15.4 Å². The monoisotopic (exact) mass is 319 g/mol. The maximum Gasteiger partial charge on any atom is 0.405 e. The molecule has 0 fully saturated rings. The fourth-order valence-electron chi connectivity index (χ4n) is 2.49. The number of imidazole rings is 1. The molecule has 1 aromatic carbocycles. The maximum atomic E-state index is 13.0. The Bertz CT molecular complexity index is 625. The number of carbonyl (C=O) groups is 1. The van der Waals surface area contributed by atoms with Gasteiger partial charge in [0.1, 0.15) is 11.6 Å². The van der Waals surface area contributed by atoms with Crippen LogP contribution in [-0.4, -0.2) is 21.2 Å². The first-order valence-corrected chi connectivity index (χ1v) is 7.90. The summed E-state index contributed by atoms with van der Waals surface area (Å²) in [4.78, 5) is 18.4. The molecular formula is C17H22FN3O2. The van der Waals surface area contributed by atoms with Gasteiger partial charge in [0.05, 0.1) is 17.9 Å². The summed E-state index contributed by atoms with van der Waals surface area (Å²) in [6.07, 6.45) is 5.55. The third-order valence-corrected chi connectivity index (χ3v) is 3.72. The van der Waals surface area contributed by atoms with Crippen LogP contribution >= 0.6 is 0 Å². The van der Waals surface area contributed by atoms with E-state index in [0.717, 1.165) is 36.9 Å². The van der Waals surface area contributed by atoms with Gasteiger partial charge in [-0.2, -0.15) is 0 Å². The van der Waals surface area contributed by atoms with E-state index in [-0.39, 0.29) is 11.9 Å². The van der Waals surface area contributed by atoms with Gasteiger partial charge in [0.15, 0.2) is 0 Å². The highest BCUT2D eigenvalue weighted by Gasteiger charge is 2.17. The van der Waals surface area contributed by atoms with E-state index in [1.54, 1.807) is 18.3 Å². The van der Waals surface area contributed by atoms with Crippen molar-refractivity contribution >= 4 is 6.09 Å². The summed E-state index contributed by atoms with van der Waals surface area (Å²) in [7, 11) is 0. The molecule has 0 radical (unpaired) electrons. The minimum absolute atomic E-state index is 0.296. The second kappa shape index (κ2) is 8.31. The van der Waals surface area contributed by atoms with E-state index in [2.05, 4.69) is 22.2 Å². The van der Waals surface area contributed by atoms with E-state index in [9.17, 15) is 9.18 Å². The number of nitrogens with one attached hydrogen (secondary N) is 2. The Labute approximate surface area is 135 Å². The Hall–Kier alpha value is -2.37. The molecule has 23 heavy (non-hydrogen) atoms.